The molecule has 0 saturated carbocycles. The van der Waals surface area contributed by atoms with Gasteiger partial charge >= 0.3 is 0 Å². The molecule has 19 heavy (non-hydrogen) atoms. The summed E-state index contributed by atoms with van der Waals surface area (Å²) in [5, 5.41) is 2.72. The van der Waals surface area contributed by atoms with Crippen molar-refractivity contribution in [2.45, 2.75) is 23.0 Å². The Hall–Kier alpha value is -1.01. The maximum Gasteiger partial charge on any atom is 0.233 e. The van der Waals surface area contributed by atoms with Crippen molar-refractivity contribution >= 4 is 27.5 Å². The molecule has 2 rings (SSSR count). The van der Waals surface area contributed by atoms with Gasteiger partial charge in [-0.25, -0.2) is 8.42 Å². The number of hydrogen-bond acceptors (Lipinski definition) is 4. The fraction of sp³-hybridized carbons (Fsp3) is 0.462. The predicted octanol–water partition coefficient (Wildman–Crippen LogP) is 1.25. The summed E-state index contributed by atoms with van der Waals surface area (Å²) in [5.41, 5.74) is 1.21. The molecule has 1 aromatic rings. The van der Waals surface area contributed by atoms with E-state index in [0.717, 1.165) is 6.42 Å². The number of carbonyl (C=O) groups excluding carboxylic acids is 1. The average Bonchev–Trinajstić information content (AvgIpc) is 2.77. The van der Waals surface area contributed by atoms with E-state index < -0.39 is 9.84 Å². The van der Waals surface area contributed by atoms with E-state index in [0.29, 0.717) is 13.0 Å². The fourth-order valence-corrected chi connectivity index (χ4v) is 3.88. The van der Waals surface area contributed by atoms with Gasteiger partial charge in [-0.2, -0.15) is 0 Å². The molecule has 1 atom stereocenters. The first kappa shape index (κ1) is 14.4. The number of carbonyl (C=O) groups is 1. The van der Waals surface area contributed by atoms with Gasteiger partial charge in [-0.05, 0) is 24.5 Å². The van der Waals surface area contributed by atoms with E-state index in [2.05, 4.69) is 5.32 Å². The third kappa shape index (κ3) is 4.24. The molecular weight excluding hydrogens is 282 g/mol. The van der Waals surface area contributed by atoms with Crippen LogP contribution < -0.4 is 5.32 Å². The van der Waals surface area contributed by atoms with Crippen LogP contribution in [0, 0.1) is 0 Å². The van der Waals surface area contributed by atoms with Gasteiger partial charge in [0, 0.05) is 17.7 Å². The van der Waals surface area contributed by atoms with Crippen molar-refractivity contribution in [1.82, 2.24) is 5.32 Å². The van der Waals surface area contributed by atoms with E-state index in [9.17, 15) is 13.2 Å². The van der Waals surface area contributed by atoms with Crippen molar-refractivity contribution < 1.29 is 13.2 Å². The lowest BCUT2D eigenvalue weighted by Gasteiger charge is -2.09. The van der Waals surface area contributed by atoms with Crippen molar-refractivity contribution in [3.05, 3.63) is 29.8 Å². The molecule has 4 nitrogen and oxygen atoms in total. The maximum absolute atomic E-state index is 12.0. The topological polar surface area (TPSA) is 63.2 Å². The first-order chi connectivity index (χ1) is 8.96. The van der Waals surface area contributed by atoms with Crippen molar-refractivity contribution in [3.63, 3.8) is 0 Å². The Morgan fingerprint density at radius 1 is 1.42 bits per heavy atom. The molecule has 0 bridgehead atoms. The summed E-state index contributed by atoms with van der Waals surface area (Å²) >= 11 is 1.58. The molecule has 1 unspecified atom stereocenters. The second-order valence-electron chi connectivity index (χ2n) is 4.69. The molecule has 0 saturated heterocycles. The van der Waals surface area contributed by atoms with Gasteiger partial charge in [0.05, 0.1) is 11.0 Å². The van der Waals surface area contributed by atoms with Crippen LogP contribution in [0.4, 0.5) is 0 Å². The van der Waals surface area contributed by atoms with Gasteiger partial charge in [0.15, 0.2) is 0 Å². The highest BCUT2D eigenvalue weighted by molar-refractivity contribution is 8.01. The summed E-state index contributed by atoms with van der Waals surface area (Å²) in [6.45, 7) is 0.416. The van der Waals surface area contributed by atoms with Gasteiger partial charge in [-0.15, -0.1) is 11.8 Å². The van der Waals surface area contributed by atoms with Gasteiger partial charge in [0.25, 0.3) is 0 Å². The fourth-order valence-electron chi connectivity index (χ4n) is 1.99. The normalized spacial score (nSPS) is 18.1. The summed E-state index contributed by atoms with van der Waals surface area (Å²) < 4.78 is 21.9. The Kier molecular flexibility index (Phi) is 4.52. The van der Waals surface area contributed by atoms with Crippen molar-refractivity contribution in [1.29, 1.82) is 0 Å². The van der Waals surface area contributed by atoms with Gasteiger partial charge in [0.2, 0.25) is 5.91 Å². The highest BCUT2D eigenvalue weighted by Crippen LogP contribution is 2.36. The molecule has 1 aliphatic heterocycles. The Bertz CT molecular complexity index is 544. The molecule has 1 aromatic carbocycles. The predicted molar refractivity (Wildman–Crippen MR) is 77.1 cm³/mol. The van der Waals surface area contributed by atoms with Gasteiger partial charge in [-0.3, -0.25) is 4.79 Å². The maximum atomic E-state index is 12.0. The van der Waals surface area contributed by atoms with Crippen LogP contribution in [0.1, 0.15) is 12.0 Å². The molecule has 1 aliphatic rings. The summed E-state index contributed by atoms with van der Waals surface area (Å²) in [7, 11) is -2.94. The minimum Gasteiger partial charge on any atom is -0.355 e. The van der Waals surface area contributed by atoms with E-state index in [-0.39, 0.29) is 16.9 Å². The van der Waals surface area contributed by atoms with Crippen LogP contribution in [0.3, 0.4) is 0 Å². The Morgan fingerprint density at radius 2 is 2.16 bits per heavy atom. The quantitative estimate of drug-likeness (QED) is 0.831. The Balaban J connectivity index is 1.77. The van der Waals surface area contributed by atoms with Crippen LogP contribution in [0.2, 0.25) is 0 Å². The van der Waals surface area contributed by atoms with Gasteiger partial charge in [-0.1, -0.05) is 18.2 Å². The lowest BCUT2D eigenvalue weighted by atomic mass is 10.1. The average molecular weight is 299 g/mol. The Labute approximate surface area is 117 Å². The van der Waals surface area contributed by atoms with E-state index in [4.69, 9.17) is 0 Å². The molecule has 0 aromatic heterocycles. The number of hydrogen-bond donors (Lipinski definition) is 1. The first-order valence-corrected chi connectivity index (χ1v) is 9.10. The Morgan fingerprint density at radius 3 is 2.84 bits per heavy atom. The summed E-state index contributed by atoms with van der Waals surface area (Å²) in [5.74, 6) is 0.111. The van der Waals surface area contributed by atoms with Gasteiger partial charge < -0.3 is 5.32 Å². The number of nitrogens with one attached hydrogen (secondary N) is 1. The van der Waals surface area contributed by atoms with Crippen LogP contribution in [0.25, 0.3) is 0 Å². The molecule has 0 spiro atoms. The summed E-state index contributed by atoms with van der Waals surface area (Å²) in [4.78, 5) is 13.1. The number of amides is 1. The van der Waals surface area contributed by atoms with Crippen LogP contribution in [-0.2, 0) is 21.1 Å². The van der Waals surface area contributed by atoms with E-state index in [1.54, 1.807) is 11.8 Å². The third-order valence-corrected chi connectivity index (χ3v) is 5.28. The molecule has 0 fully saturated rings. The molecule has 1 N–H and O–H groups in total. The molecule has 0 radical (unpaired) electrons. The van der Waals surface area contributed by atoms with E-state index >= 15 is 0 Å². The number of sulfone groups is 1. The van der Waals surface area contributed by atoms with Crippen LogP contribution in [-0.4, -0.2) is 38.1 Å². The largest absolute Gasteiger partial charge is 0.355 e. The lowest BCUT2D eigenvalue weighted by Crippen LogP contribution is -2.33. The zero-order chi connectivity index (χ0) is 13.9. The molecule has 0 aliphatic carbocycles. The SMILES string of the molecule is CS(=O)(=O)CCCNC(=O)C1Cc2ccccc2S1. The summed E-state index contributed by atoms with van der Waals surface area (Å²) in [6, 6.07) is 8.01. The standard InChI is InChI=1S/C13H17NO3S2/c1-19(16,17)8-4-7-14-13(15)12-9-10-5-2-3-6-11(10)18-12/h2-3,5-6,12H,4,7-9H2,1H3,(H,14,15). The number of rotatable bonds is 5. The molecule has 104 valence electrons. The van der Waals surface area contributed by atoms with Crippen LogP contribution in [0.15, 0.2) is 29.2 Å². The van der Waals surface area contributed by atoms with Crippen molar-refractivity contribution in [2.75, 3.05) is 18.6 Å². The molecule has 1 amide bonds. The van der Waals surface area contributed by atoms with Crippen LogP contribution >= 0.6 is 11.8 Å². The van der Waals surface area contributed by atoms with Crippen LogP contribution in [0.5, 0.6) is 0 Å². The second kappa shape index (κ2) is 5.96. The van der Waals surface area contributed by atoms with Crippen molar-refractivity contribution in [3.8, 4) is 0 Å². The monoisotopic (exact) mass is 299 g/mol. The second-order valence-corrected chi connectivity index (χ2v) is 8.20. The highest BCUT2D eigenvalue weighted by atomic mass is 32.2. The minimum absolute atomic E-state index is 0.00491. The minimum atomic E-state index is -2.94. The highest BCUT2D eigenvalue weighted by Gasteiger charge is 2.27. The summed E-state index contributed by atoms with van der Waals surface area (Å²) in [6.07, 6.45) is 2.42. The van der Waals surface area contributed by atoms with E-state index in [1.807, 2.05) is 24.3 Å². The van der Waals surface area contributed by atoms with Gasteiger partial charge in [0.1, 0.15) is 9.84 Å². The molecule has 6 heteroatoms. The van der Waals surface area contributed by atoms with Crippen molar-refractivity contribution in [2.24, 2.45) is 0 Å². The smallest absolute Gasteiger partial charge is 0.233 e. The lowest BCUT2D eigenvalue weighted by molar-refractivity contribution is -0.120. The van der Waals surface area contributed by atoms with E-state index in [1.165, 1.54) is 16.7 Å². The zero-order valence-electron chi connectivity index (χ0n) is 10.8. The first-order valence-electron chi connectivity index (χ1n) is 6.16. The molecule has 1 heterocycles. The number of thioether (sulfide) groups is 1. The number of benzene rings is 1. The third-order valence-electron chi connectivity index (χ3n) is 2.93. The molecular formula is C13H17NO3S2. The number of fused-ring (bicyclic) bond motifs is 1. The zero-order valence-corrected chi connectivity index (χ0v) is 12.4.